The second-order valence-corrected chi connectivity index (χ2v) is 4.36. The van der Waals surface area contributed by atoms with E-state index in [9.17, 15) is 4.79 Å². The van der Waals surface area contributed by atoms with Gasteiger partial charge in [-0.1, -0.05) is 30.1 Å². The Morgan fingerprint density at radius 2 is 2.06 bits per heavy atom. The maximum absolute atomic E-state index is 11.7. The van der Waals surface area contributed by atoms with Crippen molar-refractivity contribution in [3.8, 4) is 0 Å². The molecule has 1 aromatic rings. The Balaban J connectivity index is 2.62. The van der Waals surface area contributed by atoms with Crippen molar-refractivity contribution in [2.24, 2.45) is 5.92 Å². The predicted molar refractivity (Wildman–Crippen MR) is 66.3 cm³/mol. The van der Waals surface area contributed by atoms with Gasteiger partial charge in [-0.15, -0.1) is 0 Å². The quantitative estimate of drug-likeness (QED) is 0.840. The molecule has 1 amide bonds. The highest BCUT2D eigenvalue weighted by Crippen LogP contribution is 2.25. The normalized spacial score (nSPS) is 12.2. The third-order valence-corrected chi connectivity index (χ3v) is 2.58. The van der Waals surface area contributed by atoms with Crippen molar-refractivity contribution in [3.05, 3.63) is 16.6 Å². The number of aromatic nitrogens is 2. The molecule has 0 aliphatic carbocycles. The number of amides is 1. The van der Waals surface area contributed by atoms with E-state index in [0.29, 0.717) is 13.0 Å². The van der Waals surface area contributed by atoms with E-state index in [-0.39, 0.29) is 27.8 Å². The van der Waals surface area contributed by atoms with Gasteiger partial charge in [-0.25, -0.2) is 9.97 Å². The van der Waals surface area contributed by atoms with E-state index in [1.807, 2.05) is 6.92 Å². The molecule has 0 spiro atoms. The molecule has 0 saturated carbocycles. The largest absolute Gasteiger partial charge is 0.384 e. The van der Waals surface area contributed by atoms with E-state index in [2.05, 4.69) is 15.3 Å². The maximum Gasteiger partial charge on any atom is 0.224 e. The summed E-state index contributed by atoms with van der Waals surface area (Å²) < 4.78 is 4.95. The number of halogens is 2. The second kappa shape index (κ2) is 6.74. The van der Waals surface area contributed by atoms with Gasteiger partial charge in [0.25, 0.3) is 0 Å². The molecule has 7 heteroatoms. The smallest absolute Gasteiger partial charge is 0.224 e. The second-order valence-electron chi connectivity index (χ2n) is 3.64. The van der Waals surface area contributed by atoms with E-state index in [1.165, 1.54) is 6.33 Å². The van der Waals surface area contributed by atoms with E-state index < -0.39 is 0 Å². The lowest BCUT2D eigenvalue weighted by Crippen LogP contribution is -2.18. The van der Waals surface area contributed by atoms with Crippen LogP contribution in [0.15, 0.2) is 6.33 Å². The predicted octanol–water partition coefficient (Wildman–Crippen LogP) is 2.39. The van der Waals surface area contributed by atoms with Crippen molar-refractivity contribution < 1.29 is 9.53 Å². The van der Waals surface area contributed by atoms with Gasteiger partial charge >= 0.3 is 0 Å². The van der Waals surface area contributed by atoms with Crippen molar-refractivity contribution in [1.82, 2.24) is 9.97 Å². The molecule has 0 aliphatic heterocycles. The minimum atomic E-state index is -0.201. The number of carbonyl (C=O) groups excluding carboxylic acids is 1. The molecule has 1 heterocycles. The number of hydrogen-bond acceptors (Lipinski definition) is 4. The molecule has 0 bridgehead atoms. The molecule has 0 aromatic carbocycles. The summed E-state index contributed by atoms with van der Waals surface area (Å²) >= 11 is 11.6. The van der Waals surface area contributed by atoms with Crippen LogP contribution in [0.2, 0.25) is 10.3 Å². The molecule has 17 heavy (non-hydrogen) atoms. The zero-order valence-electron chi connectivity index (χ0n) is 9.54. The SMILES string of the molecule is COCC(C)CC(=O)Nc1c(Cl)ncnc1Cl. The van der Waals surface area contributed by atoms with E-state index >= 15 is 0 Å². The molecule has 5 nitrogen and oxygen atoms in total. The number of anilines is 1. The number of ether oxygens (including phenoxy) is 1. The molecule has 0 fully saturated rings. The number of methoxy groups -OCH3 is 1. The lowest BCUT2D eigenvalue weighted by Gasteiger charge is -2.11. The van der Waals surface area contributed by atoms with Crippen molar-refractivity contribution >= 4 is 34.8 Å². The summed E-state index contributed by atoms with van der Waals surface area (Å²) in [7, 11) is 1.59. The zero-order valence-corrected chi connectivity index (χ0v) is 11.0. The van der Waals surface area contributed by atoms with Crippen molar-refractivity contribution in [2.45, 2.75) is 13.3 Å². The van der Waals surface area contributed by atoms with Crippen LogP contribution < -0.4 is 5.32 Å². The average molecular weight is 278 g/mol. The Bertz CT molecular complexity index is 381. The van der Waals surface area contributed by atoms with Crippen LogP contribution in [0.25, 0.3) is 0 Å². The molecule has 1 aromatic heterocycles. The van der Waals surface area contributed by atoms with Gasteiger partial charge in [-0.05, 0) is 5.92 Å². The molecule has 1 unspecified atom stereocenters. The monoisotopic (exact) mass is 277 g/mol. The summed E-state index contributed by atoms with van der Waals surface area (Å²) in [5, 5.41) is 2.83. The summed E-state index contributed by atoms with van der Waals surface area (Å²) in [6.45, 7) is 2.42. The number of hydrogen-bond donors (Lipinski definition) is 1. The Morgan fingerprint density at radius 1 is 1.47 bits per heavy atom. The Kier molecular flexibility index (Phi) is 5.61. The minimum Gasteiger partial charge on any atom is -0.384 e. The van der Waals surface area contributed by atoms with Crippen LogP contribution in [0.3, 0.4) is 0 Å². The van der Waals surface area contributed by atoms with Crippen LogP contribution in [0.1, 0.15) is 13.3 Å². The van der Waals surface area contributed by atoms with Crippen LogP contribution in [0.4, 0.5) is 5.69 Å². The lowest BCUT2D eigenvalue weighted by molar-refractivity contribution is -0.117. The lowest BCUT2D eigenvalue weighted by atomic mass is 10.1. The molecule has 94 valence electrons. The van der Waals surface area contributed by atoms with Crippen molar-refractivity contribution in [2.75, 3.05) is 19.0 Å². The molecule has 1 rings (SSSR count). The Hall–Kier alpha value is -0.910. The number of rotatable bonds is 5. The maximum atomic E-state index is 11.7. The fraction of sp³-hybridized carbons (Fsp3) is 0.500. The number of nitrogens with zero attached hydrogens (tertiary/aromatic N) is 2. The van der Waals surface area contributed by atoms with Crippen LogP contribution in [0, 0.1) is 5.92 Å². The number of nitrogens with one attached hydrogen (secondary N) is 1. The molecule has 0 saturated heterocycles. The standard InChI is InChI=1S/C10H13Cl2N3O2/c1-6(4-17-2)3-7(16)15-8-9(11)13-5-14-10(8)12/h5-6H,3-4H2,1-2H3,(H,15,16). The first-order chi connectivity index (χ1) is 8.04. The minimum absolute atomic E-state index is 0.113. The van der Waals surface area contributed by atoms with E-state index in [1.54, 1.807) is 7.11 Å². The highest BCUT2D eigenvalue weighted by Gasteiger charge is 2.14. The summed E-state index contributed by atoms with van der Waals surface area (Å²) in [6, 6.07) is 0. The summed E-state index contributed by atoms with van der Waals surface area (Å²) in [5.74, 6) is -0.0877. The van der Waals surface area contributed by atoms with Gasteiger partial charge in [-0.2, -0.15) is 0 Å². The molecule has 1 N–H and O–H groups in total. The average Bonchev–Trinajstić information content (AvgIpc) is 2.24. The molecule has 1 atom stereocenters. The van der Waals surface area contributed by atoms with Gasteiger partial charge in [0.15, 0.2) is 10.3 Å². The fourth-order valence-electron chi connectivity index (χ4n) is 1.30. The first-order valence-electron chi connectivity index (χ1n) is 4.99. The van der Waals surface area contributed by atoms with Crippen LogP contribution in [-0.2, 0) is 9.53 Å². The van der Waals surface area contributed by atoms with Gasteiger partial charge in [0, 0.05) is 20.1 Å². The number of carbonyl (C=O) groups is 1. The summed E-state index contributed by atoms with van der Waals surface area (Å²) in [4.78, 5) is 19.1. The van der Waals surface area contributed by atoms with Crippen LogP contribution in [-0.4, -0.2) is 29.6 Å². The third-order valence-electron chi connectivity index (χ3n) is 2.00. The molecule has 0 radical (unpaired) electrons. The fourth-order valence-corrected chi connectivity index (χ4v) is 1.71. The summed E-state index contributed by atoms with van der Waals surface area (Å²) in [5.41, 5.74) is 0.241. The van der Waals surface area contributed by atoms with Crippen molar-refractivity contribution in [1.29, 1.82) is 0 Å². The van der Waals surface area contributed by atoms with Gasteiger partial charge in [0.05, 0.1) is 0 Å². The van der Waals surface area contributed by atoms with Crippen molar-refractivity contribution in [3.63, 3.8) is 0 Å². The van der Waals surface area contributed by atoms with Crippen LogP contribution in [0.5, 0.6) is 0 Å². The highest BCUT2D eigenvalue weighted by atomic mass is 35.5. The van der Waals surface area contributed by atoms with Gasteiger partial charge in [-0.3, -0.25) is 4.79 Å². The zero-order chi connectivity index (χ0) is 12.8. The van der Waals surface area contributed by atoms with E-state index in [4.69, 9.17) is 27.9 Å². The molecule has 0 aliphatic rings. The Labute approximate surface area is 109 Å². The third kappa shape index (κ3) is 4.46. The highest BCUT2D eigenvalue weighted by molar-refractivity contribution is 6.38. The van der Waals surface area contributed by atoms with Gasteiger partial charge in [0.2, 0.25) is 5.91 Å². The topological polar surface area (TPSA) is 64.1 Å². The molecular formula is C10H13Cl2N3O2. The molecular weight excluding hydrogens is 265 g/mol. The van der Waals surface area contributed by atoms with E-state index in [0.717, 1.165) is 0 Å². The van der Waals surface area contributed by atoms with Gasteiger partial charge in [0.1, 0.15) is 12.0 Å². The van der Waals surface area contributed by atoms with Crippen LogP contribution >= 0.6 is 23.2 Å². The first kappa shape index (κ1) is 14.2. The van der Waals surface area contributed by atoms with Gasteiger partial charge < -0.3 is 10.1 Å². The summed E-state index contributed by atoms with van der Waals surface area (Å²) in [6.07, 6.45) is 1.54. The Morgan fingerprint density at radius 3 is 2.59 bits per heavy atom. The first-order valence-corrected chi connectivity index (χ1v) is 5.75.